The first-order valence-corrected chi connectivity index (χ1v) is 9.65. The summed E-state index contributed by atoms with van der Waals surface area (Å²) >= 11 is 0. The monoisotopic (exact) mass is 334 g/mol. The molecule has 23 heavy (non-hydrogen) atoms. The minimum atomic E-state index is -3.14. The van der Waals surface area contributed by atoms with Crippen LogP contribution < -0.4 is 0 Å². The number of fused-ring (bicyclic) bond motifs is 3. The van der Waals surface area contributed by atoms with Crippen LogP contribution in [0.3, 0.4) is 0 Å². The highest BCUT2D eigenvalue weighted by atomic mass is 32.2. The Bertz CT molecular complexity index is 855. The van der Waals surface area contributed by atoms with Gasteiger partial charge in [0.05, 0.1) is 16.1 Å². The van der Waals surface area contributed by atoms with Gasteiger partial charge in [-0.1, -0.05) is 36.8 Å². The first-order chi connectivity index (χ1) is 10.9. The van der Waals surface area contributed by atoms with Crippen molar-refractivity contribution in [3.63, 3.8) is 0 Å². The predicted molar refractivity (Wildman–Crippen MR) is 87.4 cm³/mol. The van der Waals surface area contributed by atoms with E-state index in [0.717, 1.165) is 6.42 Å². The van der Waals surface area contributed by atoms with Gasteiger partial charge in [-0.05, 0) is 42.7 Å². The Hall–Kier alpha value is -1.46. The van der Waals surface area contributed by atoms with Crippen LogP contribution in [0.2, 0.25) is 0 Å². The molecule has 4 rings (SSSR count). The van der Waals surface area contributed by atoms with Gasteiger partial charge < -0.3 is 5.11 Å². The van der Waals surface area contributed by atoms with Gasteiger partial charge in [-0.3, -0.25) is 0 Å². The lowest BCUT2D eigenvalue weighted by molar-refractivity contribution is 0.00636. The zero-order valence-electron chi connectivity index (χ0n) is 12.7. The molecule has 2 fully saturated rings. The molecule has 0 radical (unpaired) electrons. The highest BCUT2D eigenvalue weighted by molar-refractivity contribution is 7.92. The van der Waals surface area contributed by atoms with Gasteiger partial charge in [0.25, 0.3) is 0 Å². The lowest BCUT2D eigenvalue weighted by Gasteiger charge is -2.44. The molecule has 2 atom stereocenters. The minimum absolute atomic E-state index is 0.210. The second-order valence-corrected chi connectivity index (χ2v) is 9.36. The molecule has 0 amide bonds. The van der Waals surface area contributed by atoms with Crippen LogP contribution in [-0.2, 0) is 15.4 Å². The third-order valence-electron chi connectivity index (χ3n) is 5.48. The standard InChI is InChI=1S/C18H19FO3S/c19-17-9-8-16(14-6-1-2-7-15(14)17)18(20)10-12-4-3-5-13(11-18)23(12,21)22/h1-2,6-9,12-13,20H,3-5,10-11H2. The van der Waals surface area contributed by atoms with Crippen LogP contribution in [0.4, 0.5) is 4.39 Å². The zero-order valence-corrected chi connectivity index (χ0v) is 13.5. The molecule has 1 N–H and O–H groups in total. The summed E-state index contributed by atoms with van der Waals surface area (Å²) in [6, 6.07) is 10.1. The van der Waals surface area contributed by atoms with Crippen LogP contribution >= 0.6 is 0 Å². The Balaban J connectivity index is 1.87. The van der Waals surface area contributed by atoms with Gasteiger partial charge in [-0.15, -0.1) is 0 Å². The van der Waals surface area contributed by atoms with Crippen molar-refractivity contribution in [2.24, 2.45) is 0 Å². The fourth-order valence-corrected chi connectivity index (χ4v) is 6.89. The maximum Gasteiger partial charge on any atom is 0.156 e. The highest BCUT2D eigenvalue weighted by Gasteiger charge is 2.51. The van der Waals surface area contributed by atoms with Crippen LogP contribution in [0.1, 0.15) is 37.7 Å². The third-order valence-corrected chi connectivity index (χ3v) is 8.15. The third kappa shape index (κ3) is 2.21. The number of benzene rings is 2. The summed E-state index contributed by atoms with van der Waals surface area (Å²) in [7, 11) is -3.14. The van der Waals surface area contributed by atoms with E-state index in [1.165, 1.54) is 6.07 Å². The number of rotatable bonds is 1. The Morgan fingerprint density at radius 1 is 1.00 bits per heavy atom. The molecular weight excluding hydrogens is 315 g/mol. The van der Waals surface area contributed by atoms with E-state index >= 15 is 0 Å². The summed E-state index contributed by atoms with van der Waals surface area (Å²) in [5, 5.41) is 11.5. The Kier molecular flexibility index (Phi) is 3.29. The summed E-state index contributed by atoms with van der Waals surface area (Å²) in [5.41, 5.74) is -0.546. The van der Waals surface area contributed by atoms with Gasteiger partial charge in [-0.25, -0.2) is 12.8 Å². The van der Waals surface area contributed by atoms with Crippen molar-refractivity contribution in [1.82, 2.24) is 0 Å². The van der Waals surface area contributed by atoms with Gasteiger partial charge in [0.2, 0.25) is 0 Å². The summed E-state index contributed by atoms with van der Waals surface area (Å²) < 4.78 is 39.0. The van der Waals surface area contributed by atoms with Gasteiger partial charge in [0.15, 0.2) is 9.84 Å². The molecule has 2 aliphatic rings. The van der Waals surface area contributed by atoms with E-state index in [-0.39, 0.29) is 18.7 Å². The van der Waals surface area contributed by atoms with Gasteiger partial charge in [0, 0.05) is 5.39 Å². The highest BCUT2D eigenvalue weighted by Crippen LogP contribution is 2.47. The topological polar surface area (TPSA) is 54.4 Å². The number of halogens is 1. The van der Waals surface area contributed by atoms with E-state index < -0.39 is 25.9 Å². The SMILES string of the molecule is O=S1(=O)C2CCCC1CC(O)(c1ccc(F)c3ccccc13)C2. The molecule has 3 nitrogen and oxygen atoms in total. The maximum absolute atomic E-state index is 14.0. The van der Waals surface area contributed by atoms with Crippen molar-refractivity contribution in [3.05, 3.63) is 47.8 Å². The van der Waals surface area contributed by atoms with E-state index in [1.54, 1.807) is 24.3 Å². The number of hydrogen-bond donors (Lipinski definition) is 1. The van der Waals surface area contributed by atoms with Crippen LogP contribution in [0, 0.1) is 5.82 Å². The smallest absolute Gasteiger partial charge is 0.156 e. The van der Waals surface area contributed by atoms with E-state index in [9.17, 15) is 17.9 Å². The van der Waals surface area contributed by atoms with E-state index in [2.05, 4.69) is 0 Å². The molecule has 5 heteroatoms. The molecule has 2 aromatic carbocycles. The molecule has 2 bridgehead atoms. The van der Waals surface area contributed by atoms with Crippen LogP contribution in [0.5, 0.6) is 0 Å². The molecule has 2 aromatic rings. The molecule has 0 spiro atoms. The first kappa shape index (κ1) is 15.1. The second kappa shape index (κ2) is 5.02. The zero-order chi connectivity index (χ0) is 16.2. The van der Waals surface area contributed by atoms with Crippen molar-refractivity contribution < 1.29 is 17.9 Å². The summed E-state index contributed by atoms with van der Waals surface area (Å²) in [6.45, 7) is 0. The normalized spacial score (nSPS) is 32.8. The van der Waals surface area contributed by atoms with E-state index in [1.807, 2.05) is 6.07 Å². The molecular formula is C18H19FO3S. The lowest BCUT2D eigenvalue weighted by atomic mass is 9.78. The van der Waals surface area contributed by atoms with Crippen LogP contribution in [-0.4, -0.2) is 24.0 Å². The summed E-state index contributed by atoms with van der Waals surface area (Å²) in [4.78, 5) is 0. The fourth-order valence-electron chi connectivity index (χ4n) is 4.33. The Morgan fingerprint density at radius 3 is 2.26 bits per heavy atom. The van der Waals surface area contributed by atoms with E-state index in [0.29, 0.717) is 29.2 Å². The Labute approximate surface area is 135 Å². The molecule has 2 aliphatic heterocycles. The van der Waals surface area contributed by atoms with Crippen LogP contribution in [0.15, 0.2) is 36.4 Å². The van der Waals surface area contributed by atoms with Crippen LogP contribution in [0.25, 0.3) is 10.8 Å². The number of hydrogen-bond acceptors (Lipinski definition) is 3. The second-order valence-electron chi connectivity index (χ2n) is 6.84. The molecule has 0 saturated carbocycles. The van der Waals surface area contributed by atoms with Crippen molar-refractivity contribution >= 4 is 20.6 Å². The molecule has 2 saturated heterocycles. The molecule has 0 aromatic heterocycles. The van der Waals surface area contributed by atoms with Gasteiger partial charge in [0.1, 0.15) is 5.82 Å². The average molecular weight is 334 g/mol. The minimum Gasteiger partial charge on any atom is -0.385 e. The molecule has 122 valence electrons. The molecule has 2 heterocycles. The predicted octanol–water partition coefficient (Wildman–Crippen LogP) is 3.30. The van der Waals surface area contributed by atoms with Gasteiger partial charge >= 0.3 is 0 Å². The number of sulfone groups is 1. The average Bonchev–Trinajstić information content (AvgIpc) is 2.50. The van der Waals surface area contributed by atoms with Gasteiger partial charge in [-0.2, -0.15) is 0 Å². The lowest BCUT2D eigenvalue weighted by Crippen LogP contribution is -2.50. The Morgan fingerprint density at radius 2 is 1.61 bits per heavy atom. The molecule has 2 unspecified atom stereocenters. The van der Waals surface area contributed by atoms with Crippen molar-refractivity contribution in [3.8, 4) is 0 Å². The quantitative estimate of drug-likeness (QED) is 0.870. The number of aliphatic hydroxyl groups is 1. The summed E-state index contributed by atoms with van der Waals surface area (Å²) in [6.07, 6.45) is 2.54. The summed E-state index contributed by atoms with van der Waals surface area (Å²) in [5.74, 6) is -0.323. The first-order valence-electron chi connectivity index (χ1n) is 8.05. The fraction of sp³-hybridized carbons (Fsp3) is 0.444. The van der Waals surface area contributed by atoms with E-state index in [4.69, 9.17) is 0 Å². The van der Waals surface area contributed by atoms with Crippen molar-refractivity contribution in [2.75, 3.05) is 0 Å². The molecule has 0 aliphatic carbocycles. The van der Waals surface area contributed by atoms with Crippen molar-refractivity contribution in [2.45, 2.75) is 48.2 Å². The largest absolute Gasteiger partial charge is 0.385 e. The van der Waals surface area contributed by atoms with Crippen molar-refractivity contribution in [1.29, 1.82) is 0 Å². The maximum atomic E-state index is 14.0.